The van der Waals surface area contributed by atoms with Crippen LogP contribution in [0, 0.1) is 0 Å². The second kappa shape index (κ2) is 3.72. The Morgan fingerprint density at radius 3 is 2.36 bits per heavy atom. The Bertz CT molecular complexity index is 241. The first-order valence-electron chi connectivity index (χ1n) is 4.07. The van der Waals surface area contributed by atoms with Crippen molar-refractivity contribution in [1.82, 2.24) is 0 Å². The maximum absolute atomic E-state index is 5.20. The van der Waals surface area contributed by atoms with Gasteiger partial charge in [-0.3, -0.25) is 0 Å². The third kappa shape index (κ3) is 1.72. The highest BCUT2D eigenvalue weighted by atomic mass is 32.1. The molecule has 1 radical (unpaired) electrons. The van der Waals surface area contributed by atoms with Gasteiger partial charge in [0.25, 0.3) is 0 Å². The lowest BCUT2D eigenvalue weighted by molar-refractivity contribution is 0.999. The Labute approximate surface area is 74.0 Å². The van der Waals surface area contributed by atoms with Crippen LogP contribution in [0.15, 0.2) is 23.1 Å². The zero-order chi connectivity index (χ0) is 8.27. The van der Waals surface area contributed by atoms with Crippen LogP contribution in [0.25, 0.3) is 0 Å². The van der Waals surface area contributed by atoms with E-state index in [-0.39, 0.29) is 0 Å². The van der Waals surface area contributed by atoms with E-state index in [9.17, 15) is 0 Å². The molecule has 0 saturated carbocycles. The Morgan fingerprint density at radius 1 is 1.18 bits per heavy atom. The highest BCUT2D eigenvalue weighted by molar-refractivity contribution is 7.80. The van der Waals surface area contributed by atoms with E-state index in [1.165, 1.54) is 11.1 Å². The lowest BCUT2D eigenvalue weighted by atomic mass is 10.0. The predicted octanol–water partition coefficient (Wildman–Crippen LogP) is 3.37. The van der Waals surface area contributed by atoms with Gasteiger partial charge in [0.1, 0.15) is 0 Å². The van der Waals surface area contributed by atoms with Gasteiger partial charge in [0.15, 0.2) is 0 Å². The van der Waals surface area contributed by atoms with Crippen molar-refractivity contribution in [3.63, 3.8) is 0 Å². The first-order valence-corrected chi connectivity index (χ1v) is 4.48. The maximum Gasteiger partial charge on any atom is 0.0411 e. The van der Waals surface area contributed by atoms with E-state index in [1.807, 2.05) is 12.1 Å². The van der Waals surface area contributed by atoms with Crippen molar-refractivity contribution in [2.24, 2.45) is 0 Å². The largest absolute Gasteiger partial charge is 0.0798 e. The smallest absolute Gasteiger partial charge is 0.0411 e. The molecule has 1 rings (SSSR count). The minimum Gasteiger partial charge on any atom is -0.0798 e. The van der Waals surface area contributed by atoms with Crippen LogP contribution in [-0.2, 0) is 12.8 Å². The first kappa shape index (κ1) is 8.54. The number of benzene rings is 1. The average molecular weight is 165 g/mol. The van der Waals surface area contributed by atoms with Gasteiger partial charge in [-0.2, -0.15) is 0 Å². The van der Waals surface area contributed by atoms with Crippen LogP contribution in [-0.4, -0.2) is 0 Å². The Morgan fingerprint density at radius 2 is 1.91 bits per heavy atom. The molecule has 0 unspecified atom stereocenters. The molecule has 0 amide bonds. The second-order valence-electron chi connectivity index (χ2n) is 2.60. The lowest BCUT2D eigenvalue weighted by Gasteiger charge is -2.06. The van der Waals surface area contributed by atoms with Gasteiger partial charge in [0.05, 0.1) is 0 Å². The van der Waals surface area contributed by atoms with Crippen molar-refractivity contribution >= 4 is 12.6 Å². The zero-order valence-electron chi connectivity index (χ0n) is 7.05. The summed E-state index contributed by atoms with van der Waals surface area (Å²) in [7, 11) is 0. The van der Waals surface area contributed by atoms with Gasteiger partial charge in [-0.05, 0) is 30.0 Å². The molecule has 0 aliphatic heterocycles. The summed E-state index contributed by atoms with van der Waals surface area (Å²) in [4.78, 5) is 1.02. The van der Waals surface area contributed by atoms with Crippen LogP contribution in [0.1, 0.15) is 25.0 Å². The molecular weight excluding hydrogens is 152 g/mol. The molecule has 11 heavy (non-hydrogen) atoms. The molecule has 0 spiro atoms. The molecule has 0 nitrogen and oxygen atoms in total. The summed E-state index contributed by atoms with van der Waals surface area (Å²) in [6, 6.07) is 6.21. The van der Waals surface area contributed by atoms with E-state index in [0.717, 1.165) is 17.7 Å². The van der Waals surface area contributed by atoms with Crippen molar-refractivity contribution in [2.45, 2.75) is 31.6 Å². The Hall–Kier alpha value is -0.560. The Balaban J connectivity index is 3.13. The van der Waals surface area contributed by atoms with Crippen LogP contribution in [0.5, 0.6) is 0 Å². The van der Waals surface area contributed by atoms with Gasteiger partial charge in [0, 0.05) is 4.90 Å². The minimum absolute atomic E-state index is 1.02. The zero-order valence-corrected chi connectivity index (χ0v) is 7.87. The van der Waals surface area contributed by atoms with Gasteiger partial charge < -0.3 is 0 Å². The van der Waals surface area contributed by atoms with E-state index < -0.39 is 0 Å². The molecule has 0 N–H and O–H groups in total. The Kier molecular flexibility index (Phi) is 2.89. The SMILES string of the molecule is CCc1cccc([S])c1CC. The van der Waals surface area contributed by atoms with Crippen molar-refractivity contribution < 1.29 is 0 Å². The van der Waals surface area contributed by atoms with Crippen LogP contribution in [0.4, 0.5) is 0 Å². The minimum atomic E-state index is 1.02. The average Bonchev–Trinajstić information content (AvgIpc) is 2.04. The predicted molar refractivity (Wildman–Crippen MR) is 51.1 cm³/mol. The summed E-state index contributed by atoms with van der Waals surface area (Å²) in [6.07, 6.45) is 2.15. The summed E-state index contributed by atoms with van der Waals surface area (Å²) in [6.45, 7) is 4.33. The second-order valence-corrected chi connectivity index (χ2v) is 3.04. The summed E-state index contributed by atoms with van der Waals surface area (Å²) in [5.41, 5.74) is 2.75. The molecule has 0 saturated heterocycles. The van der Waals surface area contributed by atoms with E-state index >= 15 is 0 Å². The highest BCUT2D eigenvalue weighted by Gasteiger charge is 2.01. The van der Waals surface area contributed by atoms with Gasteiger partial charge >= 0.3 is 0 Å². The maximum atomic E-state index is 5.20. The fourth-order valence-electron chi connectivity index (χ4n) is 1.34. The number of hydrogen-bond acceptors (Lipinski definition) is 0. The number of aryl methyl sites for hydroxylation is 1. The molecule has 1 aromatic rings. The first-order chi connectivity index (χ1) is 5.29. The lowest BCUT2D eigenvalue weighted by Crippen LogP contribution is -1.91. The summed E-state index contributed by atoms with van der Waals surface area (Å²) >= 11 is 5.20. The third-order valence-electron chi connectivity index (χ3n) is 1.96. The molecule has 0 aliphatic carbocycles. The fourth-order valence-corrected chi connectivity index (χ4v) is 1.70. The van der Waals surface area contributed by atoms with Crippen molar-refractivity contribution in [1.29, 1.82) is 0 Å². The summed E-state index contributed by atoms with van der Waals surface area (Å²) in [5, 5.41) is 0. The number of hydrogen-bond donors (Lipinski definition) is 0. The quantitative estimate of drug-likeness (QED) is 0.630. The molecule has 0 aliphatic rings. The van der Waals surface area contributed by atoms with Crippen LogP contribution < -0.4 is 0 Å². The van der Waals surface area contributed by atoms with E-state index in [4.69, 9.17) is 12.6 Å². The molecule has 0 aromatic heterocycles. The van der Waals surface area contributed by atoms with Gasteiger partial charge in [0.2, 0.25) is 0 Å². The molecule has 0 heterocycles. The molecular formula is C10H13S. The highest BCUT2D eigenvalue weighted by Crippen LogP contribution is 2.19. The van der Waals surface area contributed by atoms with E-state index in [2.05, 4.69) is 19.9 Å². The standard InChI is InChI=1S/C10H13S/c1-3-8-6-5-7-10(11)9(8)4-2/h5-7H,3-4H2,1-2H3. The van der Waals surface area contributed by atoms with Crippen LogP contribution in [0.2, 0.25) is 0 Å². The van der Waals surface area contributed by atoms with Crippen molar-refractivity contribution in [2.75, 3.05) is 0 Å². The molecule has 0 fully saturated rings. The summed E-state index contributed by atoms with van der Waals surface area (Å²) in [5.74, 6) is 0. The number of rotatable bonds is 2. The van der Waals surface area contributed by atoms with E-state index in [1.54, 1.807) is 0 Å². The topological polar surface area (TPSA) is 0 Å². The van der Waals surface area contributed by atoms with Crippen molar-refractivity contribution in [3.8, 4) is 0 Å². The summed E-state index contributed by atoms with van der Waals surface area (Å²) < 4.78 is 0. The van der Waals surface area contributed by atoms with Crippen LogP contribution in [0.3, 0.4) is 0 Å². The van der Waals surface area contributed by atoms with E-state index in [0.29, 0.717) is 0 Å². The molecule has 0 atom stereocenters. The molecule has 0 bridgehead atoms. The van der Waals surface area contributed by atoms with Gasteiger partial charge in [-0.25, -0.2) is 0 Å². The monoisotopic (exact) mass is 165 g/mol. The molecule has 1 heteroatoms. The fraction of sp³-hybridized carbons (Fsp3) is 0.400. The van der Waals surface area contributed by atoms with Crippen LogP contribution >= 0.6 is 12.6 Å². The van der Waals surface area contributed by atoms with Crippen molar-refractivity contribution in [3.05, 3.63) is 29.3 Å². The molecule has 1 aromatic carbocycles. The normalized spacial score (nSPS) is 10.0. The third-order valence-corrected chi connectivity index (χ3v) is 2.35. The van der Waals surface area contributed by atoms with Gasteiger partial charge in [-0.1, -0.05) is 38.6 Å². The molecule has 59 valence electrons. The van der Waals surface area contributed by atoms with Gasteiger partial charge in [-0.15, -0.1) is 0 Å².